The van der Waals surface area contributed by atoms with Crippen molar-refractivity contribution in [3.05, 3.63) is 12.7 Å². The van der Waals surface area contributed by atoms with Gasteiger partial charge >= 0.3 is 0 Å². The van der Waals surface area contributed by atoms with Crippen LogP contribution in [0.1, 0.15) is 34.1 Å². The molecule has 0 aliphatic carbocycles. The number of piperidine rings is 1. The molecule has 3 heteroatoms. The van der Waals surface area contributed by atoms with Gasteiger partial charge in [-0.25, -0.2) is 0 Å². The molecule has 2 atom stereocenters. The molecule has 0 N–H and O–H groups in total. The molecule has 2 unspecified atom stereocenters. The van der Waals surface area contributed by atoms with Gasteiger partial charge in [-0.05, 0) is 24.3 Å². The summed E-state index contributed by atoms with van der Waals surface area (Å²) in [7, 11) is 0. The first-order chi connectivity index (χ1) is 8.10. The van der Waals surface area contributed by atoms with Gasteiger partial charge < -0.3 is 4.90 Å². The zero-order valence-corrected chi connectivity index (χ0v) is 11.4. The maximum Gasteiger partial charge on any atom is 0.245 e. The van der Waals surface area contributed by atoms with Crippen molar-refractivity contribution in [3.63, 3.8) is 0 Å². The van der Waals surface area contributed by atoms with Crippen LogP contribution in [0, 0.1) is 29.1 Å². The molecule has 1 heterocycles. The SMILES string of the molecule is C=CC(=O)N1CCC(C(C)C)C(C#N)C1.CC. The lowest BCUT2D eigenvalue weighted by Crippen LogP contribution is -2.44. The van der Waals surface area contributed by atoms with Crippen molar-refractivity contribution in [2.75, 3.05) is 13.1 Å². The van der Waals surface area contributed by atoms with Gasteiger partial charge in [0.1, 0.15) is 0 Å². The molecule has 17 heavy (non-hydrogen) atoms. The van der Waals surface area contributed by atoms with Crippen molar-refractivity contribution in [1.29, 1.82) is 5.26 Å². The molecule has 0 saturated carbocycles. The fourth-order valence-electron chi connectivity index (χ4n) is 2.23. The first kappa shape index (κ1) is 15.7. The monoisotopic (exact) mass is 236 g/mol. The second kappa shape index (κ2) is 7.89. The fraction of sp³-hybridized carbons (Fsp3) is 0.714. The summed E-state index contributed by atoms with van der Waals surface area (Å²) in [5.74, 6) is 0.847. The third-order valence-electron chi connectivity index (χ3n) is 3.17. The van der Waals surface area contributed by atoms with Crippen molar-refractivity contribution in [1.82, 2.24) is 4.90 Å². The van der Waals surface area contributed by atoms with Gasteiger partial charge in [-0.1, -0.05) is 34.3 Å². The molecule has 0 spiro atoms. The topological polar surface area (TPSA) is 44.1 Å². The van der Waals surface area contributed by atoms with Gasteiger partial charge in [0.2, 0.25) is 5.91 Å². The Morgan fingerprint density at radius 3 is 2.53 bits per heavy atom. The summed E-state index contributed by atoms with van der Waals surface area (Å²) in [6, 6.07) is 2.32. The van der Waals surface area contributed by atoms with Gasteiger partial charge in [-0.2, -0.15) is 5.26 Å². The van der Waals surface area contributed by atoms with Crippen LogP contribution in [0.15, 0.2) is 12.7 Å². The number of hydrogen-bond acceptors (Lipinski definition) is 2. The Morgan fingerprint density at radius 1 is 1.53 bits per heavy atom. The van der Waals surface area contributed by atoms with E-state index in [4.69, 9.17) is 5.26 Å². The van der Waals surface area contributed by atoms with Crippen LogP contribution >= 0.6 is 0 Å². The molecule has 96 valence electrons. The molecular formula is C14H24N2O. The lowest BCUT2D eigenvalue weighted by atomic mass is 9.79. The molecule has 1 amide bonds. The number of hydrogen-bond donors (Lipinski definition) is 0. The summed E-state index contributed by atoms with van der Waals surface area (Å²) in [5, 5.41) is 9.07. The molecule has 1 aliphatic rings. The molecular weight excluding hydrogens is 212 g/mol. The number of amides is 1. The minimum atomic E-state index is -0.0579. The van der Waals surface area contributed by atoms with Crippen molar-refractivity contribution in [2.45, 2.75) is 34.1 Å². The molecule has 0 aromatic carbocycles. The Hall–Kier alpha value is -1.30. The first-order valence-electron chi connectivity index (χ1n) is 6.41. The predicted molar refractivity (Wildman–Crippen MR) is 70.2 cm³/mol. The summed E-state index contributed by atoms with van der Waals surface area (Å²) in [6.45, 7) is 13.1. The quantitative estimate of drug-likeness (QED) is 0.692. The number of carbonyl (C=O) groups is 1. The molecule has 3 nitrogen and oxygen atoms in total. The van der Waals surface area contributed by atoms with Crippen molar-refractivity contribution >= 4 is 5.91 Å². The van der Waals surface area contributed by atoms with Gasteiger partial charge in [0.05, 0.1) is 12.0 Å². The number of carbonyl (C=O) groups excluding carboxylic acids is 1. The van der Waals surface area contributed by atoms with E-state index < -0.39 is 0 Å². The normalized spacial score (nSPS) is 23.4. The van der Waals surface area contributed by atoms with E-state index in [1.54, 1.807) is 4.90 Å². The molecule has 0 radical (unpaired) electrons. The van der Waals surface area contributed by atoms with Crippen molar-refractivity contribution in [3.8, 4) is 6.07 Å². The van der Waals surface area contributed by atoms with Gasteiger partial charge in [0.25, 0.3) is 0 Å². The maximum atomic E-state index is 11.4. The molecule has 1 aliphatic heterocycles. The zero-order chi connectivity index (χ0) is 13.4. The Morgan fingerprint density at radius 2 is 2.12 bits per heavy atom. The minimum absolute atomic E-state index is 0.0253. The summed E-state index contributed by atoms with van der Waals surface area (Å²) >= 11 is 0. The van der Waals surface area contributed by atoms with Crippen LogP contribution in [-0.2, 0) is 4.79 Å². The highest BCUT2D eigenvalue weighted by Crippen LogP contribution is 2.29. The van der Waals surface area contributed by atoms with E-state index in [0.717, 1.165) is 13.0 Å². The van der Waals surface area contributed by atoms with E-state index in [0.29, 0.717) is 18.4 Å². The molecule has 1 saturated heterocycles. The van der Waals surface area contributed by atoms with Crippen LogP contribution in [-0.4, -0.2) is 23.9 Å². The van der Waals surface area contributed by atoms with Crippen LogP contribution < -0.4 is 0 Å². The van der Waals surface area contributed by atoms with Crippen LogP contribution in [0.3, 0.4) is 0 Å². The minimum Gasteiger partial charge on any atom is -0.338 e. The van der Waals surface area contributed by atoms with E-state index >= 15 is 0 Å². The van der Waals surface area contributed by atoms with Crippen LogP contribution in [0.5, 0.6) is 0 Å². The van der Waals surface area contributed by atoms with E-state index in [1.807, 2.05) is 13.8 Å². The van der Waals surface area contributed by atoms with Crippen molar-refractivity contribution in [2.24, 2.45) is 17.8 Å². The third-order valence-corrected chi connectivity index (χ3v) is 3.17. The predicted octanol–water partition coefficient (Wildman–Crippen LogP) is 2.84. The van der Waals surface area contributed by atoms with Gasteiger partial charge in [-0.3, -0.25) is 4.79 Å². The highest BCUT2D eigenvalue weighted by molar-refractivity contribution is 5.87. The molecule has 1 fully saturated rings. The van der Waals surface area contributed by atoms with Gasteiger partial charge in [-0.15, -0.1) is 0 Å². The Balaban J connectivity index is 0.00000121. The molecule has 1 rings (SSSR count). The Bertz CT molecular complexity index is 291. The molecule has 0 bridgehead atoms. The maximum absolute atomic E-state index is 11.4. The smallest absolute Gasteiger partial charge is 0.245 e. The summed E-state index contributed by atoms with van der Waals surface area (Å²) in [4.78, 5) is 13.1. The second-order valence-corrected chi connectivity index (χ2v) is 4.42. The molecule has 0 aromatic rings. The largest absolute Gasteiger partial charge is 0.338 e. The number of nitrogens with zero attached hydrogens (tertiary/aromatic N) is 2. The summed E-state index contributed by atoms with van der Waals surface area (Å²) < 4.78 is 0. The zero-order valence-electron chi connectivity index (χ0n) is 11.4. The Kier molecular flexibility index (Phi) is 7.29. The van der Waals surface area contributed by atoms with Crippen LogP contribution in [0.25, 0.3) is 0 Å². The van der Waals surface area contributed by atoms with Crippen LogP contribution in [0.4, 0.5) is 0 Å². The van der Waals surface area contributed by atoms with E-state index in [2.05, 4.69) is 26.5 Å². The number of nitriles is 1. The highest BCUT2D eigenvalue weighted by atomic mass is 16.2. The number of likely N-dealkylation sites (tertiary alicyclic amines) is 1. The summed E-state index contributed by atoms with van der Waals surface area (Å²) in [6.07, 6.45) is 2.25. The first-order valence-corrected chi connectivity index (χ1v) is 6.41. The number of rotatable bonds is 2. The average molecular weight is 236 g/mol. The highest BCUT2D eigenvalue weighted by Gasteiger charge is 2.32. The summed E-state index contributed by atoms with van der Waals surface area (Å²) in [5.41, 5.74) is 0. The van der Waals surface area contributed by atoms with E-state index in [1.165, 1.54) is 6.08 Å². The standard InChI is InChI=1S/C12H18N2O.C2H6/c1-4-12(15)14-6-5-11(9(2)3)10(7-13)8-14;1-2/h4,9-11H,1,5-6,8H2,2-3H3;1-2H3. The Labute approximate surface area is 105 Å². The third kappa shape index (κ3) is 4.22. The van der Waals surface area contributed by atoms with Crippen molar-refractivity contribution < 1.29 is 4.79 Å². The average Bonchev–Trinajstić information content (AvgIpc) is 2.39. The van der Waals surface area contributed by atoms with Gasteiger partial charge in [0, 0.05) is 13.1 Å². The lowest BCUT2D eigenvalue weighted by molar-refractivity contribution is -0.128. The van der Waals surface area contributed by atoms with Crippen LogP contribution in [0.2, 0.25) is 0 Å². The second-order valence-electron chi connectivity index (χ2n) is 4.42. The molecule has 0 aromatic heterocycles. The van der Waals surface area contributed by atoms with E-state index in [-0.39, 0.29) is 11.8 Å². The lowest BCUT2D eigenvalue weighted by Gasteiger charge is -2.36. The van der Waals surface area contributed by atoms with E-state index in [9.17, 15) is 4.79 Å². The fourth-order valence-corrected chi connectivity index (χ4v) is 2.23. The van der Waals surface area contributed by atoms with Gasteiger partial charge in [0.15, 0.2) is 0 Å².